The van der Waals surface area contributed by atoms with Crippen LogP contribution in [-0.4, -0.2) is 0 Å². The predicted molar refractivity (Wildman–Crippen MR) is 26.4 cm³/mol. The van der Waals surface area contributed by atoms with Gasteiger partial charge in [-0.3, -0.25) is 0 Å². The summed E-state index contributed by atoms with van der Waals surface area (Å²) in [5, 5.41) is 0. The van der Waals surface area contributed by atoms with Crippen LogP contribution in [0.3, 0.4) is 0 Å². The Morgan fingerprint density at radius 1 is 1.00 bits per heavy atom. The molecule has 0 heteroatoms. The minimum atomic E-state index is 0. The van der Waals surface area contributed by atoms with Crippen LogP contribution >= 0.6 is 0 Å². The van der Waals surface area contributed by atoms with Crippen LogP contribution in [0.1, 0.15) is 1.43 Å². The molecule has 1 rings (SSSR count). The molecule has 0 unspecified atom stereocenters. The standard InChI is InChI=1S/C6H5/c1-2-4-6-5-3-1/h1-5H/p+1. The van der Waals surface area contributed by atoms with E-state index in [1.54, 1.807) is 0 Å². The van der Waals surface area contributed by atoms with E-state index in [-0.39, 0.29) is 1.43 Å². The zero-order chi connectivity index (χ0) is 4.24. The van der Waals surface area contributed by atoms with Crippen molar-refractivity contribution in [3.8, 4) is 0 Å². The summed E-state index contributed by atoms with van der Waals surface area (Å²) in [5.74, 6) is 0. The molecule has 1 aromatic carbocycles. The molecule has 0 saturated carbocycles. The van der Waals surface area contributed by atoms with Crippen LogP contribution in [0.5, 0.6) is 0 Å². The smallest absolute Gasteiger partial charge is 0.0622 e. The second-order valence-electron chi connectivity index (χ2n) is 1.08. The van der Waals surface area contributed by atoms with Crippen LogP contribution in [0.15, 0.2) is 30.3 Å². The maximum Gasteiger partial charge on any atom is 1.00 e. The van der Waals surface area contributed by atoms with Crippen molar-refractivity contribution in [2.45, 2.75) is 0 Å². The molecule has 29 valence electrons. The van der Waals surface area contributed by atoms with Gasteiger partial charge in [0.05, 0.1) is 0 Å². The molecule has 0 aliphatic carbocycles. The van der Waals surface area contributed by atoms with Gasteiger partial charge in [0.15, 0.2) is 0 Å². The Labute approximate surface area is 38.9 Å². The molecule has 0 bridgehead atoms. The minimum absolute atomic E-state index is 0. The highest BCUT2D eigenvalue weighted by atomic mass is 13.6. The first-order valence-corrected chi connectivity index (χ1v) is 1.91. The average Bonchev–Trinajstić information content (AvgIpc) is 1.72. The molecule has 1 radical (unpaired) electrons. The van der Waals surface area contributed by atoms with Gasteiger partial charge in [-0.25, -0.2) is 0 Å². The minimum Gasteiger partial charge on any atom is -0.0622 e. The largest absolute Gasteiger partial charge is 1.00 e. The molecule has 0 spiro atoms. The van der Waals surface area contributed by atoms with Gasteiger partial charge in [-0.15, -0.1) is 0 Å². The Kier molecular flexibility index (Phi) is 0.913. The van der Waals surface area contributed by atoms with Gasteiger partial charge in [0.2, 0.25) is 0 Å². The second kappa shape index (κ2) is 1.61. The van der Waals surface area contributed by atoms with E-state index in [1.807, 2.05) is 30.3 Å². The lowest BCUT2D eigenvalue weighted by Gasteiger charge is -1.68. The summed E-state index contributed by atoms with van der Waals surface area (Å²) in [6.07, 6.45) is 0. The molecule has 0 atom stereocenters. The van der Waals surface area contributed by atoms with Gasteiger partial charge in [-0.1, -0.05) is 30.3 Å². The molecular weight excluding hydrogens is 72.1 g/mol. The third kappa shape index (κ3) is 0.582. The van der Waals surface area contributed by atoms with E-state index in [0.717, 1.165) is 0 Å². The Morgan fingerprint density at radius 3 is 1.83 bits per heavy atom. The maximum atomic E-state index is 2.89. The summed E-state index contributed by atoms with van der Waals surface area (Å²) >= 11 is 0. The molecule has 0 aliphatic rings. The van der Waals surface area contributed by atoms with E-state index < -0.39 is 0 Å². The zero-order valence-corrected chi connectivity index (χ0v) is 3.39. The van der Waals surface area contributed by atoms with Crippen molar-refractivity contribution in [3.63, 3.8) is 0 Å². The van der Waals surface area contributed by atoms with Crippen molar-refractivity contribution >= 4 is 0 Å². The van der Waals surface area contributed by atoms with E-state index in [0.29, 0.717) is 0 Å². The highest BCUT2D eigenvalue weighted by Crippen LogP contribution is 1.78. The van der Waals surface area contributed by atoms with Crippen molar-refractivity contribution < 1.29 is 1.43 Å². The average molecular weight is 78.1 g/mol. The van der Waals surface area contributed by atoms with Crippen molar-refractivity contribution in [3.05, 3.63) is 36.4 Å². The highest BCUT2D eigenvalue weighted by molar-refractivity contribution is 4.97. The van der Waals surface area contributed by atoms with Crippen molar-refractivity contribution in [2.24, 2.45) is 0 Å². The van der Waals surface area contributed by atoms with Crippen molar-refractivity contribution in [1.29, 1.82) is 0 Å². The second-order valence-corrected chi connectivity index (χ2v) is 1.08. The zero-order valence-electron chi connectivity index (χ0n) is 4.39. The van der Waals surface area contributed by atoms with Gasteiger partial charge in [-0.05, 0) is 6.07 Å². The molecule has 0 fully saturated rings. The Bertz CT molecular complexity index is 76.1. The molecule has 0 heterocycles. The highest BCUT2D eigenvalue weighted by Gasteiger charge is 1.58. The van der Waals surface area contributed by atoms with Crippen LogP contribution in [0.2, 0.25) is 0 Å². The van der Waals surface area contributed by atoms with Gasteiger partial charge in [-0.2, -0.15) is 0 Å². The van der Waals surface area contributed by atoms with Gasteiger partial charge >= 0.3 is 1.43 Å². The van der Waals surface area contributed by atoms with Crippen LogP contribution < -0.4 is 0 Å². The fourth-order valence-corrected chi connectivity index (χ4v) is 0.342. The van der Waals surface area contributed by atoms with E-state index in [4.69, 9.17) is 0 Å². The molecular formula is C6H6+. The topological polar surface area (TPSA) is 0 Å². The van der Waals surface area contributed by atoms with E-state index >= 15 is 0 Å². The number of hydrogen-bond acceptors (Lipinski definition) is 0. The van der Waals surface area contributed by atoms with Crippen LogP contribution in [0.25, 0.3) is 0 Å². The van der Waals surface area contributed by atoms with E-state index in [2.05, 4.69) is 6.07 Å². The summed E-state index contributed by atoms with van der Waals surface area (Å²) in [7, 11) is 0. The number of hydrogen-bond donors (Lipinski definition) is 0. The third-order valence-electron chi connectivity index (χ3n) is 0.607. The fraction of sp³-hybridized carbons (Fsp3) is 0. The Hall–Kier alpha value is -0.780. The monoisotopic (exact) mass is 78.0 g/mol. The predicted octanol–water partition coefficient (Wildman–Crippen LogP) is 1.60. The summed E-state index contributed by atoms with van der Waals surface area (Å²) < 4.78 is 0. The third-order valence-corrected chi connectivity index (χ3v) is 0.607. The van der Waals surface area contributed by atoms with Gasteiger partial charge in [0.25, 0.3) is 0 Å². The molecule has 1 aromatic rings. The molecule has 0 N–H and O–H groups in total. The molecule has 6 heavy (non-hydrogen) atoms. The number of benzene rings is 1. The lowest BCUT2D eigenvalue weighted by Crippen LogP contribution is -1.49. The fourth-order valence-electron chi connectivity index (χ4n) is 0.342. The molecule has 0 nitrogen and oxygen atoms in total. The van der Waals surface area contributed by atoms with Crippen LogP contribution in [-0.2, 0) is 0 Å². The molecule has 0 aromatic heterocycles. The molecule has 0 saturated heterocycles. The lowest BCUT2D eigenvalue weighted by molar-refractivity contribution is 1.70. The van der Waals surface area contributed by atoms with Gasteiger partial charge < -0.3 is 0 Å². The Morgan fingerprint density at radius 2 is 1.67 bits per heavy atom. The van der Waals surface area contributed by atoms with Crippen LogP contribution in [0.4, 0.5) is 0 Å². The van der Waals surface area contributed by atoms with Crippen molar-refractivity contribution in [2.75, 3.05) is 0 Å². The lowest BCUT2D eigenvalue weighted by atomic mass is 10.4. The van der Waals surface area contributed by atoms with Crippen molar-refractivity contribution in [1.82, 2.24) is 0 Å². The maximum absolute atomic E-state index is 2.89. The summed E-state index contributed by atoms with van der Waals surface area (Å²) in [4.78, 5) is 0. The summed E-state index contributed by atoms with van der Waals surface area (Å²) in [6.45, 7) is 0. The number of rotatable bonds is 0. The normalized spacial score (nSPS) is 8.00. The Balaban J connectivity index is 0.000000360. The van der Waals surface area contributed by atoms with Crippen LogP contribution in [0, 0.1) is 6.07 Å². The summed E-state index contributed by atoms with van der Waals surface area (Å²) in [5.41, 5.74) is 0. The van der Waals surface area contributed by atoms with E-state index in [9.17, 15) is 0 Å². The summed E-state index contributed by atoms with van der Waals surface area (Å²) in [6, 6.07) is 12.5. The first-order chi connectivity index (χ1) is 3.00. The first-order valence-electron chi connectivity index (χ1n) is 1.91. The molecule has 0 aliphatic heterocycles. The first kappa shape index (κ1) is 3.41. The van der Waals surface area contributed by atoms with E-state index in [1.165, 1.54) is 0 Å². The van der Waals surface area contributed by atoms with Gasteiger partial charge in [0, 0.05) is 0 Å². The molecule has 0 amide bonds. The quantitative estimate of drug-likeness (QED) is 0.442. The SMILES string of the molecule is [H+].[c]1ccccc1. The van der Waals surface area contributed by atoms with Gasteiger partial charge in [0.1, 0.15) is 0 Å².